The van der Waals surface area contributed by atoms with Gasteiger partial charge in [0.05, 0.1) is 0 Å². The average molecular weight is 279 g/mol. The molecule has 0 amide bonds. The fourth-order valence-corrected chi connectivity index (χ4v) is 1.63. The fourth-order valence-electron chi connectivity index (χ4n) is 1.43. The first kappa shape index (κ1) is 15.4. The number of hydrogen-bond acceptors (Lipinski definition) is 3. The zero-order valence-electron chi connectivity index (χ0n) is 11.2. The number of thiocarbonyl (C=S) groups is 1. The van der Waals surface area contributed by atoms with Crippen molar-refractivity contribution in [3.8, 4) is 0 Å². The van der Waals surface area contributed by atoms with Gasteiger partial charge in [-0.1, -0.05) is 13.3 Å². The van der Waals surface area contributed by atoms with Crippen molar-refractivity contribution < 1.29 is 0 Å². The van der Waals surface area contributed by atoms with Crippen molar-refractivity contribution in [2.75, 3.05) is 13.1 Å². The number of nitrogens with one attached hydrogen (secondary N) is 2. The number of aliphatic imine (C=N–C) groups is 1. The zero-order valence-corrected chi connectivity index (χ0v) is 12.0. The quantitative estimate of drug-likeness (QED) is 0.316. The standard InChI is InChI=1S/C13H21N5S/c1-2-3-7-16-12(14)18-13(19)17-10-6-11-4-8-15-9-5-11/h4-5,8-9H,2-3,6-7,10H2,1H3,(H4,14,16,17,18,19). The van der Waals surface area contributed by atoms with Gasteiger partial charge in [0.25, 0.3) is 0 Å². The SMILES string of the molecule is CCCCN=C(N)NC(=S)NCCc1ccncc1. The second-order valence-electron chi connectivity index (χ2n) is 4.11. The van der Waals surface area contributed by atoms with Crippen molar-refractivity contribution >= 4 is 23.3 Å². The van der Waals surface area contributed by atoms with Crippen LogP contribution in [0.4, 0.5) is 0 Å². The second kappa shape index (κ2) is 9.27. The van der Waals surface area contributed by atoms with E-state index >= 15 is 0 Å². The highest BCUT2D eigenvalue weighted by Gasteiger charge is 1.98. The van der Waals surface area contributed by atoms with E-state index in [0.29, 0.717) is 11.1 Å². The van der Waals surface area contributed by atoms with Crippen LogP contribution >= 0.6 is 12.2 Å². The Hall–Kier alpha value is -1.69. The van der Waals surface area contributed by atoms with Crippen LogP contribution in [0.1, 0.15) is 25.3 Å². The van der Waals surface area contributed by atoms with E-state index in [1.165, 1.54) is 5.56 Å². The fraction of sp³-hybridized carbons (Fsp3) is 0.462. The summed E-state index contributed by atoms with van der Waals surface area (Å²) >= 11 is 5.13. The molecule has 4 N–H and O–H groups in total. The Labute approximate surface area is 119 Å². The van der Waals surface area contributed by atoms with Gasteiger partial charge in [0.1, 0.15) is 0 Å². The summed E-state index contributed by atoms with van der Waals surface area (Å²) in [5, 5.41) is 6.46. The van der Waals surface area contributed by atoms with Crippen LogP contribution in [0, 0.1) is 0 Å². The third-order valence-corrected chi connectivity index (χ3v) is 2.73. The highest BCUT2D eigenvalue weighted by molar-refractivity contribution is 7.80. The van der Waals surface area contributed by atoms with Crippen molar-refractivity contribution in [3.63, 3.8) is 0 Å². The van der Waals surface area contributed by atoms with E-state index in [0.717, 1.165) is 32.4 Å². The average Bonchev–Trinajstić information content (AvgIpc) is 2.40. The molecule has 0 saturated carbocycles. The van der Waals surface area contributed by atoms with E-state index in [4.69, 9.17) is 18.0 Å². The maximum absolute atomic E-state index is 5.70. The number of unbranched alkanes of at least 4 members (excludes halogenated alkanes) is 1. The summed E-state index contributed by atoms with van der Waals surface area (Å²) in [5.41, 5.74) is 6.92. The molecule has 0 bridgehead atoms. The van der Waals surface area contributed by atoms with Gasteiger partial charge in [-0.3, -0.25) is 9.98 Å². The van der Waals surface area contributed by atoms with Crippen LogP contribution in [0.5, 0.6) is 0 Å². The first-order valence-electron chi connectivity index (χ1n) is 6.46. The predicted octanol–water partition coefficient (Wildman–Crippen LogP) is 1.20. The Morgan fingerprint density at radius 1 is 1.42 bits per heavy atom. The molecule has 6 heteroatoms. The summed E-state index contributed by atoms with van der Waals surface area (Å²) in [6, 6.07) is 3.97. The lowest BCUT2D eigenvalue weighted by molar-refractivity contribution is 0.803. The second-order valence-corrected chi connectivity index (χ2v) is 4.52. The van der Waals surface area contributed by atoms with Crippen molar-refractivity contribution in [2.45, 2.75) is 26.2 Å². The molecular formula is C13H21N5S. The summed E-state index contributed by atoms with van der Waals surface area (Å²) < 4.78 is 0. The van der Waals surface area contributed by atoms with Gasteiger partial charge in [-0.15, -0.1) is 0 Å². The van der Waals surface area contributed by atoms with Crippen molar-refractivity contribution in [1.82, 2.24) is 15.6 Å². The topological polar surface area (TPSA) is 75.3 Å². The number of hydrogen-bond donors (Lipinski definition) is 3. The van der Waals surface area contributed by atoms with E-state index in [9.17, 15) is 0 Å². The number of rotatable bonds is 6. The minimum Gasteiger partial charge on any atom is -0.370 e. The molecule has 0 fully saturated rings. The summed E-state index contributed by atoms with van der Waals surface area (Å²) in [7, 11) is 0. The number of nitrogens with two attached hydrogens (primary N) is 1. The molecule has 0 aliphatic heterocycles. The molecule has 1 heterocycles. The van der Waals surface area contributed by atoms with Crippen molar-refractivity contribution in [2.24, 2.45) is 10.7 Å². The van der Waals surface area contributed by atoms with E-state index in [-0.39, 0.29) is 0 Å². The molecule has 0 saturated heterocycles. The molecule has 1 rings (SSSR count). The highest BCUT2D eigenvalue weighted by Crippen LogP contribution is 1.95. The molecule has 0 aliphatic rings. The Bertz CT molecular complexity index is 405. The van der Waals surface area contributed by atoms with Gasteiger partial charge in [-0.05, 0) is 42.8 Å². The molecule has 5 nitrogen and oxygen atoms in total. The van der Waals surface area contributed by atoms with Gasteiger partial charge in [0, 0.05) is 25.5 Å². The maximum atomic E-state index is 5.70. The molecule has 0 radical (unpaired) electrons. The third-order valence-electron chi connectivity index (χ3n) is 2.48. The lowest BCUT2D eigenvalue weighted by Crippen LogP contribution is -2.43. The first-order valence-corrected chi connectivity index (χ1v) is 6.87. The number of guanidine groups is 1. The minimum absolute atomic E-state index is 0.370. The Balaban J connectivity index is 2.19. The summed E-state index contributed by atoms with van der Waals surface area (Å²) in [6.45, 7) is 3.59. The zero-order chi connectivity index (χ0) is 13.9. The van der Waals surface area contributed by atoms with Gasteiger partial charge in [0.2, 0.25) is 0 Å². The molecule has 104 valence electrons. The largest absolute Gasteiger partial charge is 0.370 e. The van der Waals surface area contributed by atoms with Crippen molar-refractivity contribution in [1.29, 1.82) is 0 Å². The van der Waals surface area contributed by atoms with Crippen LogP contribution in [0.2, 0.25) is 0 Å². The molecule has 0 aliphatic carbocycles. The van der Waals surface area contributed by atoms with Crippen LogP contribution < -0.4 is 16.4 Å². The molecule has 0 spiro atoms. The number of aromatic nitrogens is 1. The van der Waals surface area contributed by atoms with E-state index in [2.05, 4.69) is 27.5 Å². The van der Waals surface area contributed by atoms with Crippen LogP contribution in [0.3, 0.4) is 0 Å². The lowest BCUT2D eigenvalue weighted by atomic mass is 10.2. The third kappa shape index (κ3) is 7.35. The Morgan fingerprint density at radius 3 is 2.84 bits per heavy atom. The van der Waals surface area contributed by atoms with E-state index in [1.54, 1.807) is 12.4 Å². The van der Waals surface area contributed by atoms with Crippen LogP contribution in [0.15, 0.2) is 29.5 Å². The predicted molar refractivity (Wildman–Crippen MR) is 83.1 cm³/mol. The molecule has 19 heavy (non-hydrogen) atoms. The molecule has 1 aromatic heterocycles. The molecular weight excluding hydrogens is 258 g/mol. The maximum Gasteiger partial charge on any atom is 0.194 e. The van der Waals surface area contributed by atoms with Crippen molar-refractivity contribution in [3.05, 3.63) is 30.1 Å². The van der Waals surface area contributed by atoms with Crippen LogP contribution in [-0.4, -0.2) is 29.1 Å². The van der Waals surface area contributed by atoms with Crippen LogP contribution in [-0.2, 0) is 6.42 Å². The Kier molecular flexibility index (Phi) is 7.50. The minimum atomic E-state index is 0.370. The summed E-state index contributed by atoms with van der Waals surface area (Å²) in [5.74, 6) is 0.370. The van der Waals surface area contributed by atoms with Gasteiger partial charge >= 0.3 is 0 Å². The molecule has 0 unspecified atom stereocenters. The molecule has 0 atom stereocenters. The van der Waals surface area contributed by atoms with E-state index < -0.39 is 0 Å². The normalized spacial score (nSPS) is 11.1. The van der Waals surface area contributed by atoms with Gasteiger partial charge < -0.3 is 16.4 Å². The van der Waals surface area contributed by atoms with Gasteiger partial charge in [-0.2, -0.15) is 0 Å². The summed E-state index contributed by atoms with van der Waals surface area (Å²) in [6.07, 6.45) is 6.59. The highest BCUT2D eigenvalue weighted by atomic mass is 32.1. The number of nitrogens with zero attached hydrogens (tertiary/aromatic N) is 2. The van der Waals surface area contributed by atoms with Gasteiger partial charge in [-0.25, -0.2) is 0 Å². The number of pyridine rings is 1. The van der Waals surface area contributed by atoms with Gasteiger partial charge in [0.15, 0.2) is 11.1 Å². The van der Waals surface area contributed by atoms with Crippen LogP contribution in [0.25, 0.3) is 0 Å². The Morgan fingerprint density at radius 2 is 2.16 bits per heavy atom. The monoisotopic (exact) mass is 279 g/mol. The lowest BCUT2D eigenvalue weighted by Gasteiger charge is -2.09. The van der Waals surface area contributed by atoms with E-state index in [1.807, 2.05) is 12.1 Å². The smallest absolute Gasteiger partial charge is 0.194 e. The molecule has 1 aromatic rings. The summed E-state index contributed by atoms with van der Waals surface area (Å²) in [4.78, 5) is 8.14. The first-order chi connectivity index (χ1) is 9.22. The molecule has 0 aromatic carbocycles.